The van der Waals surface area contributed by atoms with Crippen molar-refractivity contribution in [3.05, 3.63) is 57.2 Å². The molecule has 0 aliphatic rings. The molecule has 37 heavy (non-hydrogen) atoms. The van der Waals surface area contributed by atoms with E-state index in [1.54, 1.807) is 18.2 Å². The van der Waals surface area contributed by atoms with Crippen LogP contribution in [0, 0.1) is 0 Å². The van der Waals surface area contributed by atoms with Gasteiger partial charge in [0.25, 0.3) is 0 Å². The van der Waals surface area contributed by atoms with Gasteiger partial charge in [-0.25, -0.2) is 4.79 Å². The van der Waals surface area contributed by atoms with E-state index in [2.05, 4.69) is 10.3 Å². The molecule has 204 valence electrons. The van der Waals surface area contributed by atoms with E-state index >= 15 is 0 Å². The van der Waals surface area contributed by atoms with Crippen LogP contribution in [-0.2, 0) is 22.4 Å². The maximum Gasteiger partial charge on any atom is 0.490 e. The SMILES string of the molecule is O=C(O)C(F)(F)F.O=c1[nH]c2c(O)ccc(CCNCCCCCCOCCc3ccc(O)cc3)c2s1. The second kappa shape index (κ2) is 15.2. The van der Waals surface area contributed by atoms with Gasteiger partial charge in [-0.1, -0.05) is 42.4 Å². The van der Waals surface area contributed by atoms with Gasteiger partial charge in [-0.15, -0.1) is 0 Å². The van der Waals surface area contributed by atoms with Gasteiger partial charge >= 0.3 is 17.0 Å². The van der Waals surface area contributed by atoms with Gasteiger partial charge in [0.15, 0.2) is 0 Å². The van der Waals surface area contributed by atoms with E-state index in [-0.39, 0.29) is 10.6 Å². The summed E-state index contributed by atoms with van der Waals surface area (Å²) < 4.78 is 38.3. The molecule has 3 rings (SSSR count). The smallest absolute Gasteiger partial charge is 0.490 e. The third-order valence-electron chi connectivity index (χ3n) is 5.32. The number of phenolic OH excluding ortho intramolecular Hbond substituents is 2. The molecular formula is C25H31F3N2O6S. The number of hydrogen-bond acceptors (Lipinski definition) is 7. The van der Waals surface area contributed by atoms with Gasteiger partial charge in [-0.05, 0) is 68.1 Å². The molecule has 2 aromatic carbocycles. The molecule has 0 amide bonds. The van der Waals surface area contributed by atoms with Gasteiger partial charge in [0.2, 0.25) is 0 Å². The van der Waals surface area contributed by atoms with Crippen molar-refractivity contribution in [3.8, 4) is 11.5 Å². The molecule has 0 atom stereocenters. The first-order valence-electron chi connectivity index (χ1n) is 11.8. The number of aliphatic carboxylic acids is 1. The van der Waals surface area contributed by atoms with E-state index in [9.17, 15) is 28.2 Å². The number of halogens is 3. The zero-order chi connectivity index (χ0) is 27.3. The van der Waals surface area contributed by atoms with Gasteiger partial charge in [-0.2, -0.15) is 13.2 Å². The van der Waals surface area contributed by atoms with E-state index in [4.69, 9.17) is 14.6 Å². The predicted octanol–water partition coefficient (Wildman–Crippen LogP) is 4.59. The summed E-state index contributed by atoms with van der Waals surface area (Å²) in [4.78, 5) is 23.0. The minimum absolute atomic E-state index is 0.129. The van der Waals surface area contributed by atoms with Gasteiger partial charge in [0.05, 0.1) is 11.3 Å². The predicted molar refractivity (Wildman–Crippen MR) is 135 cm³/mol. The monoisotopic (exact) mass is 544 g/mol. The number of rotatable bonds is 13. The van der Waals surface area contributed by atoms with E-state index < -0.39 is 12.1 Å². The van der Waals surface area contributed by atoms with Gasteiger partial charge in [0, 0.05) is 6.61 Å². The second-order valence-electron chi connectivity index (χ2n) is 8.21. The molecule has 12 heteroatoms. The molecule has 0 radical (unpaired) electrons. The lowest BCUT2D eigenvalue weighted by Gasteiger charge is -2.07. The molecule has 0 saturated carbocycles. The number of nitrogens with one attached hydrogen (secondary N) is 2. The van der Waals surface area contributed by atoms with E-state index in [0.29, 0.717) is 17.9 Å². The van der Waals surface area contributed by atoms with Crippen LogP contribution in [0.5, 0.6) is 11.5 Å². The summed E-state index contributed by atoms with van der Waals surface area (Å²) in [5.74, 6) is -2.33. The number of carboxylic acids is 1. The van der Waals surface area contributed by atoms with Crippen molar-refractivity contribution in [2.24, 2.45) is 0 Å². The van der Waals surface area contributed by atoms with Gasteiger partial charge in [-0.3, -0.25) is 4.79 Å². The fourth-order valence-electron chi connectivity index (χ4n) is 3.38. The fraction of sp³-hybridized carbons (Fsp3) is 0.440. The van der Waals surface area contributed by atoms with Crippen LogP contribution < -0.4 is 10.2 Å². The molecule has 0 aliphatic carbocycles. The maximum absolute atomic E-state index is 11.5. The van der Waals surface area contributed by atoms with E-state index in [1.165, 1.54) is 12.0 Å². The number of aromatic amines is 1. The number of unbranched alkanes of at least 4 members (excludes halogenated alkanes) is 3. The lowest BCUT2D eigenvalue weighted by atomic mass is 10.1. The molecular weight excluding hydrogens is 513 g/mol. The van der Waals surface area contributed by atoms with Crippen molar-refractivity contribution in [1.29, 1.82) is 0 Å². The summed E-state index contributed by atoms with van der Waals surface area (Å²) in [6, 6.07) is 10.8. The first kappa shape index (κ1) is 30.1. The first-order chi connectivity index (χ1) is 17.6. The molecule has 0 aliphatic heterocycles. The molecule has 0 bridgehead atoms. The van der Waals surface area contributed by atoms with Crippen LogP contribution in [0.15, 0.2) is 41.2 Å². The normalized spacial score (nSPS) is 11.3. The van der Waals surface area contributed by atoms with Crippen LogP contribution in [0.25, 0.3) is 10.2 Å². The number of carbonyl (C=O) groups is 1. The number of ether oxygens (including phenoxy) is 1. The van der Waals surface area contributed by atoms with Crippen LogP contribution in [-0.4, -0.2) is 58.8 Å². The Hall–Kier alpha value is -3.09. The van der Waals surface area contributed by atoms with Crippen molar-refractivity contribution in [1.82, 2.24) is 10.3 Å². The number of aromatic nitrogens is 1. The highest BCUT2D eigenvalue weighted by Gasteiger charge is 2.38. The molecule has 8 nitrogen and oxygen atoms in total. The minimum atomic E-state index is -5.08. The van der Waals surface area contributed by atoms with Crippen LogP contribution in [0.3, 0.4) is 0 Å². The summed E-state index contributed by atoms with van der Waals surface area (Å²) >= 11 is 1.15. The number of alkyl halides is 3. The van der Waals surface area contributed by atoms with Crippen molar-refractivity contribution in [3.63, 3.8) is 0 Å². The summed E-state index contributed by atoms with van der Waals surface area (Å²) in [6.45, 7) is 3.34. The Balaban J connectivity index is 0.000000604. The summed E-state index contributed by atoms with van der Waals surface area (Å²) in [5.41, 5.74) is 2.81. The third-order valence-corrected chi connectivity index (χ3v) is 6.27. The number of carboxylic acid groups (broad SMARTS) is 1. The molecule has 1 heterocycles. The molecule has 1 aromatic heterocycles. The van der Waals surface area contributed by atoms with Crippen LogP contribution >= 0.6 is 11.3 Å². The molecule has 3 aromatic rings. The summed E-state index contributed by atoms with van der Waals surface area (Å²) in [6.07, 6.45) is 1.17. The Labute approximate surface area is 215 Å². The topological polar surface area (TPSA) is 132 Å². The van der Waals surface area contributed by atoms with Crippen molar-refractivity contribution >= 4 is 27.5 Å². The Morgan fingerprint density at radius 2 is 1.62 bits per heavy atom. The van der Waals surface area contributed by atoms with E-state index in [1.807, 2.05) is 18.2 Å². The molecule has 0 unspecified atom stereocenters. The average molecular weight is 545 g/mol. The van der Waals surface area contributed by atoms with Gasteiger partial charge in [0.1, 0.15) is 17.0 Å². The summed E-state index contributed by atoms with van der Waals surface area (Å²) in [7, 11) is 0. The zero-order valence-electron chi connectivity index (χ0n) is 20.1. The van der Waals surface area contributed by atoms with Crippen molar-refractivity contribution < 1.29 is 38.0 Å². The largest absolute Gasteiger partial charge is 0.508 e. The van der Waals surface area contributed by atoms with Gasteiger partial charge < -0.3 is 30.4 Å². The Bertz CT molecular complexity index is 1160. The Kier molecular flexibility index (Phi) is 12.4. The van der Waals surface area contributed by atoms with Crippen LogP contribution in [0.2, 0.25) is 0 Å². The number of fused-ring (bicyclic) bond motifs is 1. The van der Waals surface area contributed by atoms with E-state index in [0.717, 1.165) is 73.4 Å². The Morgan fingerprint density at radius 1 is 0.946 bits per heavy atom. The van der Waals surface area contributed by atoms with Crippen molar-refractivity contribution in [2.75, 3.05) is 26.3 Å². The molecule has 0 saturated heterocycles. The minimum Gasteiger partial charge on any atom is -0.508 e. The van der Waals surface area contributed by atoms with Crippen molar-refractivity contribution in [2.45, 2.75) is 44.7 Å². The zero-order valence-corrected chi connectivity index (χ0v) is 21.0. The highest BCUT2D eigenvalue weighted by molar-refractivity contribution is 7.16. The number of benzene rings is 2. The maximum atomic E-state index is 11.5. The molecule has 5 N–H and O–H groups in total. The lowest BCUT2D eigenvalue weighted by molar-refractivity contribution is -0.192. The lowest BCUT2D eigenvalue weighted by Crippen LogP contribution is -2.21. The number of hydrogen-bond donors (Lipinski definition) is 5. The highest BCUT2D eigenvalue weighted by Crippen LogP contribution is 2.27. The number of phenols is 2. The second-order valence-corrected chi connectivity index (χ2v) is 9.19. The first-order valence-corrected chi connectivity index (χ1v) is 12.6. The molecule has 0 spiro atoms. The van der Waals surface area contributed by atoms with Crippen LogP contribution in [0.4, 0.5) is 13.2 Å². The fourth-order valence-corrected chi connectivity index (χ4v) is 4.28. The number of aromatic hydroxyl groups is 2. The number of H-pyrrole nitrogens is 1. The summed E-state index contributed by atoms with van der Waals surface area (Å²) in [5, 5.41) is 29.7. The third kappa shape index (κ3) is 11.2. The molecule has 0 fully saturated rings. The highest BCUT2D eigenvalue weighted by atomic mass is 32.1. The Morgan fingerprint density at radius 3 is 2.30 bits per heavy atom. The number of thiazole rings is 1. The standard InChI is InChI=1S/C23H30N2O4S.C2HF3O2/c26-19-8-5-17(6-9-19)12-16-29-15-4-2-1-3-13-24-14-11-18-7-10-20(27)21-22(18)30-23(28)25-21;3-2(4,5)1(6)7/h5-10,24,26-27H,1-4,11-16H2,(H,25,28);(H,6,7). The quantitative estimate of drug-likeness (QED) is 0.199. The average Bonchev–Trinajstić information content (AvgIpc) is 3.24. The van der Waals surface area contributed by atoms with Crippen LogP contribution in [0.1, 0.15) is 36.8 Å².